The van der Waals surface area contributed by atoms with E-state index in [4.69, 9.17) is 30.7 Å². The second-order valence-electron chi connectivity index (χ2n) is 9.47. The van der Waals surface area contributed by atoms with Gasteiger partial charge >= 0.3 is 5.97 Å². The van der Waals surface area contributed by atoms with E-state index in [0.29, 0.717) is 60.5 Å². The highest BCUT2D eigenvalue weighted by Crippen LogP contribution is 2.37. The molecule has 5 rings (SSSR count). The molecule has 0 radical (unpaired) electrons. The molecule has 1 aromatic carbocycles. The molecule has 10 heteroatoms. The fourth-order valence-corrected chi connectivity index (χ4v) is 5.19. The van der Waals surface area contributed by atoms with Gasteiger partial charge in [-0.2, -0.15) is 4.98 Å². The first-order valence-corrected chi connectivity index (χ1v) is 12.6. The number of carboxylic acid groups (broad SMARTS) is 1. The number of benzene rings is 1. The summed E-state index contributed by atoms with van der Waals surface area (Å²) in [6, 6.07) is 7.50. The van der Waals surface area contributed by atoms with Crippen LogP contribution in [0.2, 0.25) is 5.02 Å². The highest BCUT2D eigenvalue weighted by atomic mass is 35.5. The first-order chi connectivity index (χ1) is 17.4. The van der Waals surface area contributed by atoms with Crippen LogP contribution in [0, 0.1) is 12.8 Å². The number of carbonyl (C=O) groups is 1. The van der Waals surface area contributed by atoms with Crippen molar-refractivity contribution in [2.24, 2.45) is 5.92 Å². The Morgan fingerprint density at radius 2 is 1.94 bits per heavy atom. The fourth-order valence-electron chi connectivity index (χ4n) is 4.87. The predicted octanol–water partition coefficient (Wildman–Crippen LogP) is 4.82. The van der Waals surface area contributed by atoms with Gasteiger partial charge in [-0.1, -0.05) is 29.6 Å². The van der Waals surface area contributed by atoms with Crippen LogP contribution in [0.5, 0.6) is 11.6 Å². The topological polar surface area (TPSA) is 111 Å². The number of ether oxygens (including phenoxy) is 2. The zero-order valence-corrected chi connectivity index (χ0v) is 21.1. The zero-order valence-electron chi connectivity index (χ0n) is 20.4. The number of pyridine rings is 1. The molecule has 2 fully saturated rings. The van der Waals surface area contributed by atoms with E-state index in [1.165, 1.54) is 12.8 Å². The molecule has 36 heavy (non-hydrogen) atoms. The van der Waals surface area contributed by atoms with Gasteiger partial charge in [0.15, 0.2) is 0 Å². The Morgan fingerprint density at radius 1 is 1.17 bits per heavy atom. The van der Waals surface area contributed by atoms with Gasteiger partial charge in [0.2, 0.25) is 11.7 Å². The molecule has 3 aromatic rings. The molecule has 0 bridgehead atoms. The summed E-state index contributed by atoms with van der Waals surface area (Å²) in [6.07, 6.45) is 4.68. The summed E-state index contributed by atoms with van der Waals surface area (Å²) >= 11 is 6.54. The summed E-state index contributed by atoms with van der Waals surface area (Å²) in [5.41, 5.74) is 3.36. The van der Waals surface area contributed by atoms with Gasteiger partial charge in [0.1, 0.15) is 12.4 Å². The zero-order chi connectivity index (χ0) is 25.2. The Kier molecular flexibility index (Phi) is 7.11. The Labute approximate surface area is 214 Å². The Bertz CT molecular complexity index is 1230. The van der Waals surface area contributed by atoms with E-state index in [9.17, 15) is 4.79 Å². The summed E-state index contributed by atoms with van der Waals surface area (Å²) in [5, 5.41) is 13.6. The Balaban J connectivity index is 1.29. The first-order valence-electron chi connectivity index (χ1n) is 12.2. The standard InChI is InChI=1S/C26H29ClN4O5/c1-15-9-17(10-20(27)23(15)35-8-7-31-13-19(14-31)26(32)33)24-29-25(36-30-24)18-11-21(16-5-3-4-6-16)28-22(12-18)34-2/h9-12,16,19H,3-8,13-14H2,1-2H3,(H,32,33). The SMILES string of the molecule is COc1cc(-c2nc(-c3cc(C)c(OCCN4CC(C(=O)O)C4)c(Cl)c3)no2)cc(C2CCCC2)n1. The van der Waals surface area contributed by atoms with E-state index in [1.807, 2.05) is 30.0 Å². The number of methoxy groups -OCH3 is 1. The molecule has 9 nitrogen and oxygen atoms in total. The van der Waals surface area contributed by atoms with Gasteiger partial charge in [0.05, 0.1) is 18.1 Å². The van der Waals surface area contributed by atoms with Crippen molar-refractivity contribution in [3.63, 3.8) is 0 Å². The number of aryl methyl sites for hydroxylation is 1. The van der Waals surface area contributed by atoms with Gasteiger partial charge in [-0.3, -0.25) is 9.69 Å². The van der Waals surface area contributed by atoms with Gasteiger partial charge in [-0.05, 0) is 43.5 Å². The predicted molar refractivity (Wildman–Crippen MR) is 134 cm³/mol. The third-order valence-electron chi connectivity index (χ3n) is 6.93. The van der Waals surface area contributed by atoms with Gasteiger partial charge in [0.25, 0.3) is 5.89 Å². The van der Waals surface area contributed by atoms with E-state index in [1.54, 1.807) is 13.2 Å². The third kappa shape index (κ3) is 5.17. The number of carboxylic acids is 1. The molecule has 1 saturated heterocycles. The molecule has 1 aliphatic carbocycles. The summed E-state index contributed by atoms with van der Waals surface area (Å²) in [6.45, 7) is 4.09. The number of aromatic nitrogens is 3. The summed E-state index contributed by atoms with van der Waals surface area (Å²) in [5.74, 6) is 1.36. The maximum absolute atomic E-state index is 10.9. The van der Waals surface area contributed by atoms with E-state index < -0.39 is 5.97 Å². The van der Waals surface area contributed by atoms with E-state index in [0.717, 1.165) is 35.2 Å². The quantitative estimate of drug-likeness (QED) is 0.431. The summed E-state index contributed by atoms with van der Waals surface area (Å²) in [7, 11) is 1.61. The van der Waals surface area contributed by atoms with Crippen LogP contribution >= 0.6 is 11.6 Å². The van der Waals surface area contributed by atoms with Crippen LogP contribution in [-0.2, 0) is 4.79 Å². The monoisotopic (exact) mass is 512 g/mol. The molecule has 1 N–H and O–H groups in total. The maximum atomic E-state index is 10.9. The number of hydrogen-bond donors (Lipinski definition) is 1. The van der Waals surface area contributed by atoms with Gasteiger partial charge in [-0.25, -0.2) is 4.98 Å². The lowest BCUT2D eigenvalue weighted by Crippen LogP contribution is -2.51. The highest BCUT2D eigenvalue weighted by molar-refractivity contribution is 6.32. The van der Waals surface area contributed by atoms with Crippen LogP contribution in [0.3, 0.4) is 0 Å². The van der Waals surface area contributed by atoms with Gasteiger partial charge in [-0.15, -0.1) is 0 Å². The lowest BCUT2D eigenvalue weighted by molar-refractivity contribution is -0.147. The largest absolute Gasteiger partial charge is 0.490 e. The number of hydrogen-bond acceptors (Lipinski definition) is 8. The smallest absolute Gasteiger partial charge is 0.309 e. The first kappa shape index (κ1) is 24.5. The van der Waals surface area contributed by atoms with Gasteiger partial charge < -0.3 is 19.1 Å². The van der Waals surface area contributed by atoms with Crippen molar-refractivity contribution >= 4 is 17.6 Å². The third-order valence-corrected chi connectivity index (χ3v) is 7.21. The molecular formula is C26H29ClN4O5. The van der Waals surface area contributed by atoms with E-state index in [2.05, 4.69) is 15.1 Å². The lowest BCUT2D eigenvalue weighted by atomic mass is 10.0. The minimum Gasteiger partial charge on any atom is -0.490 e. The van der Waals surface area contributed by atoms with E-state index in [-0.39, 0.29) is 5.92 Å². The van der Waals surface area contributed by atoms with Crippen LogP contribution < -0.4 is 9.47 Å². The van der Waals surface area contributed by atoms with Crippen molar-refractivity contribution in [1.82, 2.24) is 20.0 Å². The molecular weight excluding hydrogens is 484 g/mol. The molecule has 1 aliphatic heterocycles. The Morgan fingerprint density at radius 3 is 2.64 bits per heavy atom. The Hall–Kier alpha value is -3.17. The summed E-state index contributed by atoms with van der Waals surface area (Å²) < 4.78 is 16.9. The summed E-state index contributed by atoms with van der Waals surface area (Å²) in [4.78, 5) is 22.2. The number of likely N-dealkylation sites (tertiary alicyclic amines) is 1. The van der Waals surface area contributed by atoms with Crippen molar-refractivity contribution in [1.29, 1.82) is 0 Å². The van der Waals surface area contributed by atoms with Crippen LogP contribution in [0.15, 0.2) is 28.8 Å². The molecule has 0 spiro atoms. The fraction of sp³-hybridized carbons (Fsp3) is 0.462. The lowest BCUT2D eigenvalue weighted by Gasteiger charge is -2.36. The van der Waals surface area contributed by atoms with Crippen molar-refractivity contribution in [2.45, 2.75) is 38.5 Å². The molecule has 0 unspecified atom stereocenters. The van der Waals surface area contributed by atoms with E-state index >= 15 is 0 Å². The van der Waals surface area contributed by atoms with Crippen molar-refractivity contribution in [3.05, 3.63) is 40.5 Å². The number of nitrogens with zero attached hydrogens (tertiary/aromatic N) is 4. The maximum Gasteiger partial charge on any atom is 0.309 e. The van der Waals surface area contributed by atoms with Crippen LogP contribution in [0.4, 0.5) is 0 Å². The molecule has 2 aromatic heterocycles. The minimum atomic E-state index is -0.747. The highest BCUT2D eigenvalue weighted by Gasteiger charge is 2.32. The van der Waals surface area contributed by atoms with Crippen molar-refractivity contribution in [3.8, 4) is 34.5 Å². The average molecular weight is 513 g/mol. The number of aliphatic carboxylic acids is 1. The van der Waals surface area contributed by atoms with Crippen LogP contribution in [0.1, 0.15) is 42.9 Å². The molecule has 1 saturated carbocycles. The molecule has 3 heterocycles. The second kappa shape index (κ2) is 10.4. The minimum absolute atomic E-state index is 0.281. The molecule has 2 aliphatic rings. The van der Waals surface area contributed by atoms with Crippen molar-refractivity contribution < 1.29 is 23.9 Å². The average Bonchev–Trinajstić information content (AvgIpc) is 3.54. The second-order valence-corrected chi connectivity index (χ2v) is 9.88. The van der Waals surface area contributed by atoms with Crippen LogP contribution in [0.25, 0.3) is 22.8 Å². The molecule has 0 amide bonds. The normalized spacial score (nSPS) is 16.8. The van der Waals surface area contributed by atoms with Crippen LogP contribution in [-0.4, -0.2) is 64.5 Å². The number of halogens is 1. The number of rotatable bonds is 9. The molecule has 0 atom stereocenters. The van der Waals surface area contributed by atoms with Gasteiger partial charge in [0, 0.05) is 48.4 Å². The molecule has 190 valence electrons. The van der Waals surface area contributed by atoms with Crippen molar-refractivity contribution in [2.75, 3.05) is 33.4 Å².